The molecule has 0 spiro atoms. The third-order valence-electron chi connectivity index (χ3n) is 11.8. The zero-order valence-corrected chi connectivity index (χ0v) is 33.3. The van der Waals surface area contributed by atoms with Gasteiger partial charge in [0.05, 0.1) is 0 Å². The Kier molecular flexibility index (Phi) is 9.24. The first kappa shape index (κ1) is 36.0. The maximum atomic E-state index is 2.40. The van der Waals surface area contributed by atoms with Gasteiger partial charge in [-0.1, -0.05) is 172 Å². The zero-order valence-electron chi connectivity index (χ0n) is 33.3. The van der Waals surface area contributed by atoms with E-state index < -0.39 is 0 Å². The maximum absolute atomic E-state index is 2.40. The summed E-state index contributed by atoms with van der Waals surface area (Å²) in [4.78, 5) is 4.69. The van der Waals surface area contributed by atoms with E-state index in [2.05, 4.69) is 254 Å². The van der Waals surface area contributed by atoms with E-state index in [4.69, 9.17) is 0 Å². The molecule has 0 atom stereocenters. The van der Waals surface area contributed by atoms with Crippen LogP contribution in [0.1, 0.15) is 25.0 Å². The van der Waals surface area contributed by atoms with E-state index in [1.807, 2.05) is 0 Å². The molecule has 10 rings (SSSR count). The van der Waals surface area contributed by atoms with Gasteiger partial charge in [0.2, 0.25) is 0 Å². The van der Waals surface area contributed by atoms with Crippen LogP contribution in [-0.2, 0) is 5.41 Å². The number of nitrogens with zero attached hydrogens (tertiary/aromatic N) is 2. The van der Waals surface area contributed by atoms with Crippen molar-refractivity contribution in [3.8, 4) is 44.5 Å². The highest BCUT2D eigenvalue weighted by Gasteiger charge is 2.35. The van der Waals surface area contributed by atoms with Crippen LogP contribution < -0.4 is 9.80 Å². The average Bonchev–Trinajstić information content (AvgIpc) is 3.53. The molecule has 9 aromatic rings. The Morgan fingerprint density at radius 3 is 1.08 bits per heavy atom. The second-order valence-electron chi connectivity index (χ2n) is 15.8. The van der Waals surface area contributed by atoms with Crippen molar-refractivity contribution < 1.29 is 0 Å². The highest BCUT2D eigenvalue weighted by molar-refractivity contribution is 5.87. The van der Waals surface area contributed by atoms with Crippen LogP contribution in [0.4, 0.5) is 34.1 Å². The van der Waals surface area contributed by atoms with Gasteiger partial charge in [-0.3, -0.25) is 0 Å². The molecule has 1 aliphatic carbocycles. The SMILES string of the molecule is CC1(C)c2ccccc2-c2ccc(N(c3ccccc3)c3cccc(-c4ccc(-c5ccc(-c6cccc(N(c7ccccc7)c7ccccc7)c6)cc5)cc4)c3)cc21. The zero-order chi connectivity index (χ0) is 39.8. The second kappa shape index (κ2) is 15.2. The molecular weight excluding hydrogens is 713 g/mol. The first-order valence-electron chi connectivity index (χ1n) is 20.4. The highest BCUT2D eigenvalue weighted by atomic mass is 15.1. The molecule has 0 N–H and O–H groups in total. The minimum Gasteiger partial charge on any atom is -0.310 e. The quantitative estimate of drug-likeness (QED) is 0.145. The summed E-state index contributed by atoms with van der Waals surface area (Å²) in [5, 5.41) is 0. The van der Waals surface area contributed by atoms with Crippen molar-refractivity contribution in [3.63, 3.8) is 0 Å². The first-order chi connectivity index (χ1) is 29.0. The van der Waals surface area contributed by atoms with Crippen LogP contribution in [0.5, 0.6) is 0 Å². The third kappa shape index (κ3) is 6.79. The fraction of sp³-hybridized carbons (Fsp3) is 0.0526. The van der Waals surface area contributed by atoms with Crippen LogP contribution in [0.3, 0.4) is 0 Å². The summed E-state index contributed by atoms with van der Waals surface area (Å²) in [5.41, 5.74) is 19.3. The Balaban J connectivity index is 0.923. The first-order valence-corrected chi connectivity index (χ1v) is 20.4. The molecule has 1 aliphatic rings. The van der Waals surface area contributed by atoms with E-state index in [0.717, 1.165) is 34.1 Å². The van der Waals surface area contributed by atoms with Crippen LogP contribution >= 0.6 is 0 Å². The molecule has 0 aliphatic heterocycles. The minimum absolute atomic E-state index is 0.0771. The Morgan fingerprint density at radius 1 is 0.254 bits per heavy atom. The summed E-state index contributed by atoms with van der Waals surface area (Å²) in [7, 11) is 0. The molecule has 59 heavy (non-hydrogen) atoms. The summed E-state index contributed by atoms with van der Waals surface area (Å²) < 4.78 is 0. The third-order valence-corrected chi connectivity index (χ3v) is 11.8. The van der Waals surface area contributed by atoms with Gasteiger partial charge in [0.1, 0.15) is 0 Å². The second-order valence-corrected chi connectivity index (χ2v) is 15.8. The van der Waals surface area contributed by atoms with Gasteiger partial charge < -0.3 is 9.80 Å². The molecule has 0 heterocycles. The van der Waals surface area contributed by atoms with Gasteiger partial charge in [0.25, 0.3) is 0 Å². The summed E-state index contributed by atoms with van der Waals surface area (Å²) >= 11 is 0. The summed E-state index contributed by atoms with van der Waals surface area (Å²) in [6, 6.07) is 83.3. The Labute approximate surface area is 347 Å². The molecule has 0 saturated heterocycles. The van der Waals surface area contributed by atoms with Crippen LogP contribution in [0.2, 0.25) is 0 Å². The van der Waals surface area contributed by atoms with E-state index in [1.165, 1.54) is 55.6 Å². The largest absolute Gasteiger partial charge is 0.310 e. The predicted octanol–water partition coefficient (Wildman–Crippen LogP) is 15.9. The standard InChI is InChI=1S/C57H44N2/c1-57(2)55-27-13-12-26-53(55)54-37-36-52(40-56(54)57)59(49-22-10-5-11-23-49)51-25-15-17-46(39-51)44-34-30-42(31-35-44)41-28-32-43(33-29-41)45-16-14-24-50(38-45)58(47-18-6-3-7-19-47)48-20-8-4-9-21-48/h3-40H,1-2H3. The molecule has 282 valence electrons. The van der Waals surface area contributed by atoms with Crippen molar-refractivity contribution in [1.82, 2.24) is 0 Å². The smallest absolute Gasteiger partial charge is 0.0467 e. The molecule has 0 saturated carbocycles. The lowest BCUT2D eigenvalue weighted by molar-refractivity contribution is 0.660. The van der Waals surface area contributed by atoms with Gasteiger partial charge in [0, 0.05) is 39.5 Å². The van der Waals surface area contributed by atoms with Crippen molar-refractivity contribution in [2.24, 2.45) is 0 Å². The normalized spacial score (nSPS) is 12.4. The molecule has 0 radical (unpaired) electrons. The number of hydrogen-bond acceptors (Lipinski definition) is 2. The fourth-order valence-electron chi connectivity index (χ4n) is 8.82. The number of fused-ring (bicyclic) bond motifs is 3. The molecule has 0 fully saturated rings. The minimum atomic E-state index is -0.0771. The maximum Gasteiger partial charge on any atom is 0.0467 e. The Bertz CT molecular complexity index is 2840. The molecule has 0 unspecified atom stereocenters. The topological polar surface area (TPSA) is 6.48 Å². The van der Waals surface area contributed by atoms with Crippen molar-refractivity contribution in [2.75, 3.05) is 9.80 Å². The van der Waals surface area contributed by atoms with Crippen molar-refractivity contribution >= 4 is 34.1 Å². The van der Waals surface area contributed by atoms with Gasteiger partial charge in [0.15, 0.2) is 0 Å². The van der Waals surface area contributed by atoms with Crippen LogP contribution in [-0.4, -0.2) is 0 Å². The van der Waals surface area contributed by atoms with Crippen molar-refractivity contribution in [1.29, 1.82) is 0 Å². The van der Waals surface area contributed by atoms with Crippen molar-refractivity contribution in [3.05, 3.63) is 242 Å². The summed E-state index contributed by atoms with van der Waals surface area (Å²) in [6.07, 6.45) is 0. The number of hydrogen-bond donors (Lipinski definition) is 0. The number of benzene rings is 9. The lowest BCUT2D eigenvalue weighted by atomic mass is 9.82. The van der Waals surface area contributed by atoms with E-state index in [9.17, 15) is 0 Å². The number of anilines is 6. The van der Waals surface area contributed by atoms with E-state index in [1.54, 1.807) is 0 Å². The summed E-state index contributed by atoms with van der Waals surface area (Å²) in [6.45, 7) is 4.69. The van der Waals surface area contributed by atoms with Gasteiger partial charge in [-0.15, -0.1) is 0 Å². The van der Waals surface area contributed by atoms with Gasteiger partial charge in [-0.05, 0) is 128 Å². The van der Waals surface area contributed by atoms with E-state index in [-0.39, 0.29) is 5.41 Å². The molecule has 0 bridgehead atoms. The Morgan fingerprint density at radius 2 is 0.610 bits per heavy atom. The van der Waals surface area contributed by atoms with Crippen molar-refractivity contribution in [2.45, 2.75) is 19.3 Å². The van der Waals surface area contributed by atoms with Gasteiger partial charge in [-0.2, -0.15) is 0 Å². The monoisotopic (exact) mass is 756 g/mol. The molecule has 2 nitrogen and oxygen atoms in total. The summed E-state index contributed by atoms with van der Waals surface area (Å²) in [5.74, 6) is 0. The molecular formula is C57H44N2. The Hall–Kier alpha value is -7.42. The van der Waals surface area contributed by atoms with E-state index >= 15 is 0 Å². The molecule has 0 amide bonds. The fourth-order valence-corrected chi connectivity index (χ4v) is 8.82. The van der Waals surface area contributed by atoms with Gasteiger partial charge in [-0.25, -0.2) is 0 Å². The number of para-hydroxylation sites is 3. The average molecular weight is 757 g/mol. The molecule has 0 aromatic heterocycles. The molecule has 2 heteroatoms. The lowest BCUT2D eigenvalue weighted by Crippen LogP contribution is -2.16. The van der Waals surface area contributed by atoms with Crippen LogP contribution in [0.15, 0.2) is 231 Å². The van der Waals surface area contributed by atoms with E-state index in [0.29, 0.717) is 0 Å². The van der Waals surface area contributed by atoms with Gasteiger partial charge >= 0.3 is 0 Å². The highest BCUT2D eigenvalue weighted by Crippen LogP contribution is 2.50. The van der Waals surface area contributed by atoms with Crippen LogP contribution in [0, 0.1) is 0 Å². The lowest BCUT2D eigenvalue weighted by Gasteiger charge is -2.28. The predicted molar refractivity (Wildman–Crippen MR) is 250 cm³/mol. The van der Waals surface area contributed by atoms with Crippen LogP contribution in [0.25, 0.3) is 44.5 Å². The number of rotatable bonds is 9. The molecule has 9 aromatic carbocycles.